The van der Waals surface area contributed by atoms with E-state index in [1.165, 1.54) is 6.07 Å². The molecule has 1 N–H and O–H groups in total. The molecule has 0 aliphatic heterocycles. The van der Waals surface area contributed by atoms with Crippen LogP contribution in [0.5, 0.6) is 0 Å². The molecule has 0 saturated heterocycles. The van der Waals surface area contributed by atoms with E-state index in [2.05, 4.69) is 31.2 Å². The average molecular weight is 349 g/mol. The van der Waals surface area contributed by atoms with Crippen LogP contribution in [-0.2, 0) is 6.42 Å². The first-order chi connectivity index (χ1) is 8.99. The summed E-state index contributed by atoms with van der Waals surface area (Å²) in [5, 5.41) is 2.79. The zero-order chi connectivity index (χ0) is 14.0. The van der Waals surface area contributed by atoms with E-state index in [1.807, 2.05) is 6.92 Å². The van der Waals surface area contributed by atoms with Gasteiger partial charge in [-0.05, 0) is 12.1 Å². The number of hydrogen-bond acceptors (Lipinski definition) is 3. The summed E-state index contributed by atoms with van der Waals surface area (Å²) >= 11 is 8.83. The Morgan fingerprint density at radius 2 is 1.84 bits per heavy atom. The molecule has 0 amide bonds. The summed E-state index contributed by atoms with van der Waals surface area (Å²) in [5.41, 5.74) is -0.278. The monoisotopic (exact) mass is 347 g/mol. The highest BCUT2D eigenvalue weighted by molar-refractivity contribution is 9.10. The van der Waals surface area contributed by atoms with Crippen LogP contribution < -0.4 is 5.32 Å². The van der Waals surface area contributed by atoms with Crippen LogP contribution in [0.2, 0.25) is 5.15 Å². The SMILES string of the molecule is CCc1nc(Cl)cc(Nc2c(F)cc(Br)cc2F)n1. The topological polar surface area (TPSA) is 37.8 Å². The highest BCUT2D eigenvalue weighted by Crippen LogP contribution is 2.26. The fraction of sp³-hybridized carbons (Fsp3) is 0.167. The Bertz CT molecular complexity index is 599. The minimum atomic E-state index is -0.723. The maximum atomic E-state index is 13.7. The van der Waals surface area contributed by atoms with Gasteiger partial charge in [0.2, 0.25) is 0 Å². The molecule has 1 heterocycles. The first-order valence-corrected chi connectivity index (χ1v) is 6.61. The van der Waals surface area contributed by atoms with Gasteiger partial charge >= 0.3 is 0 Å². The average Bonchev–Trinajstić information content (AvgIpc) is 2.33. The van der Waals surface area contributed by atoms with Gasteiger partial charge in [-0.3, -0.25) is 0 Å². The zero-order valence-electron chi connectivity index (χ0n) is 9.85. The number of hydrogen-bond donors (Lipinski definition) is 1. The van der Waals surface area contributed by atoms with Gasteiger partial charge in [-0.15, -0.1) is 0 Å². The number of halogens is 4. The molecule has 1 aromatic heterocycles. The minimum absolute atomic E-state index is 0.215. The fourth-order valence-electron chi connectivity index (χ4n) is 1.48. The van der Waals surface area contributed by atoms with Gasteiger partial charge in [-0.2, -0.15) is 0 Å². The largest absolute Gasteiger partial charge is 0.335 e. The Labute approximate surface area is 122 Å². The first-order valence-electron chi connectivity index (χ1n) is 5.44. The fourth-order valence-corrected chi connectivity index (χ4v) is 2.08. The van der Waals surface area contributed by atoms with E-state index >= 15 is 0 Å². The second kappa shape index (κ2) is 5.79. The van der Waals surface area contributed by atoms with E-state index in [0.29, 0.717) is 16.7 Å². The summed E-state index contributed by atoms with van der Waals surface area (Å²) in [6.45, 7) is 1.86. The minimum Gasteiger partial charge on any atom is -0.335 e. The van der Waals surface area contributed by atoms with Crippen molar-refractivity contribution in [1.82, 2.24) is 9.97 Å². The van der Waals surface area contributed by atoms with Crippen molar-refractivity contribution in [3.63, 3.8) is 0 Å². The van der Waals surface area contributed by atoms with Crippen molar-refractivity contribution in [2.45, 2.75) is 13.3 Å². The predicted octanol–water partition coefficient (Wildman–Crippen LogP) is 4.48. The zero-order valence-corrected chi connectivity index (χ0v) is 12.2. The molecule has 2 rings (SSSR count). The normalized spacial score (nSPS) is 10.6. The Kier molecular flexibility index (Phi) is 4.31. The van der Waals surface area contributed by atoms with Crippen molar-refractivity contribution >= 4 is 39.0 Å². The molecule has 2 aromatic rings. The molecule has 100 valence electrons. The van der Waals surface area contributed by atoms with Crippen LogP contribution in [0.15, 0.2) is 22.7 Å². The third kappa shape index (κ3) is 3.39. The lowest BCUT2D eigenvalue weighted by Crippen LogP contribution is -2.03. The number of aryl methyl sites for hydroxylation is 1. The Morgan fingerprint density at radius 1 is 1.21 bits per heavy atom. The van der Waals surface area contributed by atoms with Gasteiger partial charge in [0.15, 0.2) is 11.6 Å². The van der Waals surface area contributed by atoms with E-state index in [-0.39, 0.29) is 16.7 Å². The number of nitrogens with zero attached hydrogens (tertiary/aromatic N) is 2. The van der Waals surface area contributed by atoms with Gasteiger partial charge < -0.3 is 5.32 Å². The van der Waals surface area contributed by atoms with E-state index in [4.69, 9.17) is 11.6 Å². The summed E-state index contributed by atoms with van der Waals surface area (Å²) in [6.07, 6.45) is 0.570. The van der Waals surface area contributed by atoms with E-state index in [9.17, 15) is 8.78 Å². The summed E-state index contributed by atoms with van der Waals surface area (Å²) in [7, 11) is 0. The molecule has 19 heavy (non-hydrogen) atoms. The van der Waals surface area contributed by atoms with Crippen LogP contribution in [0.4, 0.5) is 20.3 Å². The molecule has 0 atom stereocenters. The summed E-state index contributed by atoms with van der Waals surface area (Å²) in [5.74, 6) is -0.704. The van der Waals surface area contributed by atoms with Gasteiger partial charge in [0.25, 0.3) is 0 Å². The second-order valence-electron chi connectivity index (χ2n) is 3.72. The number of anilines is 2. The Hall–Kier alpha value is -1.27. The highest BCUT2D eigenvalue weighted by atomic mass is 79.9. The standard InChI is InChI=1S/C12H9BrClF2N3/c1-2-10-17-9(14)5-11(18-10)19-12-7(15)3-6(13)4-8(12)16/h3-5H,2H2,1H3,(H,17,18,19). The molecule has 0 fully saturated rings. The summed E-state index contributed by atoms with van der Waals surface area (Å²) in [6, 6.07) is 3.73. The van der Waals surface area contributed by atoms with Gasteiger partial charge in [0.05, 0.1) is 0 Å². The van der Waals surface area contributed by atoms with Crippen LogP contribution >= 0.6 is 27.5 Å². The second-order valence-corrected chi connectivity index (χ2v) is 5.02. The van der Waals surface area contributed by atoms with Crippen molar-refractivity contribution in [3.8, 4) is 0 Å². The quantitative estimate of drug-likeness (QED) is 0.831. The molecule has 0 bridgehead atoms. The third-order valence-corrected chi connectivity index (χ3v) is 2.97. The number of aromatic nitrogens is 2. The first kappa shape index (κ1) is 14.1. The molecule has 1 aromatic carbocycles. The molecule has 0 aliphatic rings. The molecule has 0 unspecified atom stereocenters. The maximum absolute atomic E-state index is 13.7. The van der Waals surface area contributed by atoms with Gasteiger partial charge in [-0.25, -0.2) is 18.7 Å². The van der Waals surface area contributed by atoms with Crippen LogP contribution in [0, 0.1) is 11.6 Å². The van der Waals surface area contributed by atoms with Crippen molar-refractivity contribution in [2.24, 2.45) is 0 Å². The van der Waals surface area contributed by atoms with Crippen LogP contribution in [-0.4, -0.2) is 9.97 Å². The third-order valence-electron chi connectivity index (χ3n) is 2.32. The molecule has 7 heteroatoms. The van der Waals surface area contributed by atoms with Gasteiger partial charge in [-0.1, -0.05) is 34.5 Å². The molecule has 3 nitrogen and oxygen atoms in total. The highest BCUT2D eigenvalue weighted by Gasteiger charge is 2.12. The summed E-state index contributed by atoms with van der Waals surface area (Å²) < 4.78 is 27.7. The molecule has 0 saturated carbocycles. The van der Waals surface area contributed by atoms with E-state index < -0.39 is 11.6 Å². The lowest BCUT2D eigenvalue weighted by Gasteiger charge is -2.09. The molecular formula is C12H9BrClF2N3. The van der Waals surface area contributed by atoms with Gasteiger partial charge in [0, 0.05) is 17.0 Å². The van der Waals surface area contributed by atoms with Crippen molar-refractivity contribution in [3.05, 3.63) is 45.3 Å². The van der Waals surface area contributed by atoms with Crippen molar-refractivity contribution in [1.29, 1.82) is 0 Å². The Morgan fingerprint density at radius 3 is 2.42 bits per heavy atom. The number of benzene rings is 1. The summed E-state index contributed by atoms with van der Waals surface area (Å²) in [4.78, 5) is 8.07. The lowest BCUT2D eigenvalue weighted by molar-refractivity contribution is 0.589. The molecular weight excluding hydrogens is 340 g/mol. The van der Waals surface area contributed by atoms with E-state index in [0.717, 1.165) is 12.1 Å². The van der Waals surface area contributed by atoms with Crippen LogP contribution in [0.1, 0.15) is 12.7 Å². The number of rotatable bonds is 3. The maximum Gasteiger partial charge on any atom is 0.150 e. The van der Waals surface area contributed by atoms with E-state index in [1.54, 1.807) is 0 Å². The predicted molar refractivity (Wildman–Crippen MR) is 73.8 cm³/mol. The number of nitrogens with one attached hydrogen (secondary N) is 1. The van der Waals surface area contributed by atoms with Crippen molar-refractivity contribution in [2.75, 3.05) is 5.32 Å². The smallest absolute Gasteiger partial charge is 0.150 e. The van der Waals surface area contributed by atoms with Gasteiger partial charge in [0.1, 0.15) is 22.5 Å². The van der Waals surface area contributed by atoms with Crippen LogP contribution in [0.3, 0.4) is 0 Å². The lowest BCUT2D eigenvalue weighted by atomic mass is 10.3. The molecule has 0 aliphatic carbocycles. The van der Waals surface area contributed by atoms with Crippen LogP contribution in [0.25, 0.3) is 0 Å². The van der Waals surface area contributed by atoms with Crippen molar-refractivity contribution < 1.29 is 8.78 Å². The molecule has 0 spiro atoms. The Balaban J connectivity index is 2.39. The molecule has 0 radical (unpaired) electrons.